The first-order valence-electron chi connectivity index (χ1n) is 8.19. The van der Waals surface area contributed by atoms with Crippen molar-refractivity contribution in [3.8, 4) is 5.75 Å². The highest BCUT2D eigenvalue weighted by atomic mass is 79.9. The Morgan fingerprint density at radius 3 is 2.67 bits per heavy atom. The van der Waals surface area contributed by atoms with Gasteiger partial charge in [0.05, 0.1) is 11.4 Å². The molecule has 0 aliphatic carbocycles. The Labute approximate surface area is 164 Å². The van der Waals surface area contributed by atoms with Crippen LogP contribution in [0.4, 0.5) is 5.69 Å². The molecule has 7 nitrogen and oxygen atoms in total. The van der Waals surface area contributed by atoms with Crippen LogP contribution in [0, 0.1) is 5.92 Å². The minimum absolute atomic E-state index is 0.180. The molecule has 2 aromatic rings. The minimum Gasteiger partial charge on any atom is -0.484 e. The molecule has 2 amide bonds. The van der Waals surface area contributed by atoms with Crippen molar-refractivity contribution in [1.82, 2.24) is 5.43 Å². The number of carbonyl (C=O) groups excluding carboxylic acids is 2. The number of rotatable bonds is 6. The Kier molecular flexibility index (Phi) is 5.97. The predicted octanol–water partition coefficient (Wildman–Crippen LogP) is 2.97. The number of nitrogens with zero attached hydrogens (tertiary/aromatic N) is 3. The molecule has 3 rings (SSSR count). The number of amides is 2. The summed E-state index contributed by atoms with van der Waals surface area (Å²) in [5.41, 5.74) is 3.65. The third kappa shape index (κ3) is 4.79. The molecule has 0 fully saturated rings. The van der Waals surface area contributed by atoms with Gasteiger partial charge < -0.3 is 4.74 Å². The van der Waals surface area contributed by atoms with Crippen molar-refractivity contribution >= 4 is 45.4 Å². The van der Waals surface area contributed by atoms with Gasteiger partial charge in [-0.1, -0.05) is 34.1 Å². The molecule has 0 saturated heterocycles. The van der Waals surface area contributed by atoms with Gasteiger partial charge in [0.1, 0.15) is 11.7 Å². The Balaban J connectivity index is 1.52. The summed E-state index contributed by atoms with van der Waals surface area (Å²) in [6, 6.07) is 16.3. The third-order valence-corrected chi connectivity index (χ3v) is 4.31. The molecule has 0 aromatic heterocycles. The van der Waals surface area contributed by atoms with Crippen LogP contribution in [0.25, 0.3) is 0 Å². The standard InChI is InChI=1S/C19H17BrN4O3/c1-13-17(19(26)24(23-13)15-5-3-2-4-6-15)11-21-22-18(25)12-27-16-9-7-14(20)8-10-16/h2-11,17H,12H2,1H3,(H,22,25)/b21-11-/t17-/m0/s1. The summed E-state index contributed by atoms with van der Waals surface area (Å²) in [6.07, 6.45) is 1.38. The molecule has 1 aliphatic heterocycles. The zero-order chi connectivity index (χ0) is 19.2. The van der Waals surface area contributed by atoms with Gasteiger partial charge in [-0.3, -0.25) is 9.59 Å². The molecule has 27 heavy (non-hydrogen) atoms. The average molecular weight is 429 g/mol. The second-order valence-electron chi connectivity index (χ2n) is 5.76. The number of hydrogen-bond donors (Lipinski definition) is 1. The van der Waals surface area contributed by atoms with Gasteiger partial charge in [-0.15, -0.1) is 0 Å². The number of halogens is 1. The zero-order valence-electron chi connectivity index (χ0n) is 14.5. The Bertz CT molecular complexity index is 882. The fourth-order valence-corrected chi connectivity index (χ4v) is 2.67. The van der Waals surface area contributed by atoms with Gasteiger partial charge in [0.25, 0.3) is 11.8 Å². The molecule has 1 atom stereocenters. The molecule has 138 valence electrons. The SMILES string of the molecule is CC1=NN(c2ccccc2)C(=O)[C@H]1/C=N\NC(=O)COc1ccc(Br)cc1. The molecule has 0 radical (unpaired) electrons. The maximum absolute atomic E-state index is 12.5. The molecule has 8 heteroatoms. The number of carbonyl (C=O) groups is 2. The van der Waals surface area contributed by atoms with E-state index in [1.807, 2.05) is 30.3 Å². The largest absolute Gasteiger partial charge is 0.484 e. The molecule has 0 saturated carbocycles. The van der Waals surface area contributed by atoms with Crippen LogP contribution < -0.4 is 15.2 Å². The van der Waals surface area contributed by atoms with Gasteiger partial charge >= 0.3 is 0 Å². The van der Waals surface area contributed by atoms with E-state index in [0.29, 0.717) is 17.1 Å². The number of hydrogen-bond acceptors (Lipinski definition) is 5. The highest BCUT2D eigenvalue weighted by Crippen LogP contribution is 2.22. The van der Waals surface area contributed by atoms with E-state index in [1.165, 1.54) is 11.2 Å². The monoisotopic (exact) mass is 428 g/mol. The summed E-state index contributed by atoms with van der Waals surface area (Å²) >= 11 is 3.33. The van der Waals surface area contributed by atoms with Crippen LogP contribution in [-0.4, -0.2) is 30.3 Å². The smallest absolute Gasteiger partial charge is 0.277 e. The van der Waals surface area contributed by atoms with Crippen molar-refractivity contribution in [2.24, 2.45) is 16.1 Å². The van der Waals surface area contributed by atoms with E-state index in [9.17, 15) is 9.59 Å². The Morgan fingerprint density at radius 1 is 1.26 bits per heavy atom. The molecule has 0 unspecified atom stereocenters. The lowest BCUT2D eigenvalue weighted by Gasteiger charge is -2.12. The van der Waals surface area contributed by atoms with Crippen molar-refractivity contribution < 1.29 is 14.3 Å². The van der Waals surface area contributed by atoms with Gasteiger partial charge in [-0.25, -0.2) is 5.43 Å². The van der Waals surface area contributed by atoms with Gasteiger partial charge in [-0.05, 0) is 43.3 Å². The summed E-state index contributed by atoms with van der Waals surface area (Å²) in [5.74, 6) is -0.681. The number of ether oxygens (including phenoxy) is 1. The number of anilines is 1. The third-order valence-electron chi connectivity index (χ3n) is 3.78. The topological polar surface area (TPSA) is 83.4 Å². The average Bonchev–Trinajstić information content (AvgIpc) is 2.96. The summed E-state index contributed by atoms with van der Waals surface area (Å²) < 4.78 is 6.28. The van der Waals surface area contributed by atoms with Gasteiger partial charge in [0, 0.05) is 10.7 Å². The first-order valence-corrected chi connectivity index (χ1v) is 8.98. The second kappa shape index (κ2) is 8.59. The predicted molar refractivity (Wildman–Crippen MR) is 107 cm³/mol. The van der Waals surface area contributed by atoms with Crippen LogP contribution >= 0.6 is 15.9 Å². The maximum atomic E-state index is 12.5. The molecule has 1 N–H and O–H groups in total. The van der Waals surface area contributed by atoms with E-state index in [0.717, 1.165) is 4.47 Å². The fourth-order valence-electron chi connectivity index (χ4n) is 2.40. The highest BCUT2D eigenvalue weighted by molar-refractivity contribution is 9.10. The van der Waals surface area contributed by atoms with Crippen LogP contribution in [0.5, 0.6) is 5.75 Å². The van der Waals surface area contributed by atoms with Crippen molar-refractivity contribution in [2.75, 3.05) is 11.6 Å². The lowest BCUT2D eigenvalue weighted by atomic mass is 10.1. The van der Waals surface area contributed by atoms with E-state index >= 15 is 0 Å². The van der Waals surface area contributed by atoms with Crippen LogP contribution in [0.1, 0.15) is 6.92 Å². The molecule has 0 bridgehead atoms. The van der Waals surface area contributed by atoms with E-state index in [-0.39, 0.29) is 12.5 Å². The molecule has 1 heterocycles. The van der Waals surface area contributed by atoms with E-state index < -0.39 is 11.8 Å². The van der Waals surface area contributed by atoms with Crippen molar-refractivity contribution in [2.45, 2.75) is 6.92 Å². The van der Waals surface area contributed by atoms with Crippen molar-refractivity contribution in [1.29, 1.82) is 0 Å². The van der Waals surface area contributed by atoms with Crippen molar-refractivity contribution in [3.63, 3.8) is 0 Å². The lowest BCUT2D eigenvalue weighted by molar-refractivity contribution is -0.123. The van der Waals surface area contributed by atoms with Gasteiger partial charge in [-0.2, -0.15) is 15.2 Å². The first kappa shape index (κ1) is 18.8. The normalized spacial score (nSPS) is 16.5. The van der Waals surface area contributed by atoms with Crippen LogP contribution in [0.3, 0.4) is 0 Å². The summed E-state index contributed by atoms with van der Waals surface area (Å²) in [4.78, 5) is 24.3. The zero-order valence-corrected chi connectivity index (χ0v) is 16.1. The summed E-state index contributed by atoms with van der Waals surface area (Å²) in [7, 11) is 0. The van der Waals surface area contributed by atoms with Crippen LogP contribution in [0.15, 0.2) is 69.3 Å². The maximum Gasteiger partial charge on any atom is 0.277 e. The van der Waals surface area contributed by atoms with Crippen LogP contribution in [-0.2, 0) is 9.59 Å². The summed E-state index contributed by atoms with van der Waals surface area (Å²) in [6.45, 7) is 1.57. The molecular formula is C19H17BrN4O3. The van der Waals surface area contributed by atoms with E-state index in [2.05, 4.69) is 31.6 Å². The number of nitrogens with one attached hydrogen (secondary N) is 1. The van der Waals surface area contributed by atoms with E-state index in [1.54, 1.807) is 31.2 Å². The van der Waals surface area contributed by atoms with Gasteiger partial charge in [0.2, 0.25) is 0 Å². The van der Waals surface area contributed by atoms with Crippen LogP contribution in [0.2, 0.25) is 0 Å². The Morgan fingerprint density at radius 2 is 1.96 bits per heavy atom. The molecule has 1 aliphatic rings. The number of benzene rings is 2. The van der Waals surface area contributed by atoms with Gasteiger partial charge in [0.15, 0.2) is 6.61 Å². The molecule has 0 spiro atoms. The van der Waals surface area contributed by atoms with E-state index in [4.69, 9.17) is 4.74 Å². The quantitative estimate of drug-likeness (QED) is 0.566. The second-order valence-corrected chi connectivity index (χ2v) is 6.68. The summed E-state index contributed by atoms with van der Waals surface area (Å²) in [5, 5.41) is 9.48. The fraction of sp³-hybridized carbons (Fsp3) is 0.158. The molecular weight excluding hydrogens is 412 g/mol. The minimum atomic E-state index is -0.613. The van der Waals surface area contributed by atoms with Crippen molar-refractivity contribution in [3.05, 3.63) is 59.1 Å². The lowest BCUT2D eigenvalue weighted by Crippen LogP contribution is -2.30. The Hall–Kier alpha value is -3.00. The number of hydrazone groups is 2. The number of para-hydroxylation sites is 1. The highest BCUT2D eigenvalue weighted by Gasteiger charge is 2.33. The molecule has 2 aromatic carbocycles. The first-order chi connectivity index (χ1) is 13.0.